The zero-order chi connectivity index (χ0) is 12.3. The van der Waals surface area contributed by atoms with Crippen molar-refractivity contribution in [2.24, 2.45) is 5.72 Å². The third kappa shape index (κ3) is 2.88. The summed E-state index contributed by atoms with van der Waals surface area (Å²) < 4.78 is 65.6. The van der Waals surface area contributed by atoms with Crippen LogP contribution < -0.4 is 10.5 Å². The summed E-state index contributed by atoms with van der Waals surface area (Å²) >= 11 is 0. The molecule has 1 rings (SSSR count). The van der Waals surface area contributed by atoms with Crippen LogP contribution in [0.3, 0.4) is 0 Å². The lowest BCUT2D eigenvalue weighted by molar-refractivity contribution is -0.274. The summed E-state index contributed by atoms with van der Waals surface area (Å²) in [5, 5.41) is 0. The second-order valence-electron chi connectivity index (χ2n) is 2.46. The van der Waals surface area contributed by atoms with Crippen LogP contribution in [0.4, 0.5) is 17.6 Å². The first-order chi connectivity index (χ1) is 7.28. The van der Waals surface area contributed by atoms with Crippen molar-refractivity contribution in [3.8, 4) is 5.75 Å². The third-order valence-electron chi connectivity index (χ3n) is 1.42. The van der Waals surface area contributed by atoms with Gasteiger partial charge in [0.1, 0.15) is 14.4 Å². The van der Waals surface area contributed by atoms with Gasteiger partial charge in [-0.25, -0.2) is 4.39 Å². The van der Waals surface area contributed by atoms with Crippen LogP contribution in [0.5, 0.6) is 5.75 Å². The molecule has 0 saturated carbocycles. The van der Waals surface area contributed by atoms with Gasteiger partial charge in [-0.2, -0.15) is 0 Å². The van der Waals surface area contributed by atoms with Gasteiger partial charge in [0.2, 0.25) is 0 Å². The summed E-state index contributed by atoms with van der Waals surface area (Å²) in [6.07, 6.45) is -4.85. The Kier molecular flexibility index (Phi) is 2.20. The summed E-state index contributed by atoms with van der Waals surface area (Å²) in [6, 6.07) is 2.42. The largest absolute Gasteiger partial charge is 0.573 e. The lowest BCUT2D eigenvalue weighted by Crippen LogP contribution is -2.17. The molecule has 0 aliphatic heterocycles. The minimum Gasteiger partial charge on any atom is -0.406 e. The summed E-state index contributed by atoms with van der Waals surface area (Å²) in [5.41, 5.74) is -0.0674. The van der Waals surface area contributed by atoms with Crippen molar-refractivity contribution in [1.29, 1.82) is 0 Å². The maximum atomic E-state index is 13.0. The van der Waals surface area contributed by atoms with Gasteiger partial charge in [0.05, 0.1) is 0 Å². The molecule has 0 spiro atoms. The van der Waals surface area contributed by atoms with Crippen LogP contribution in [0.1, 0.15) is 5.56 Å². The summed E-state index contributed by atoms with van der Waals surface area (Å²) in [7, 11) is 0. The number of ether oxygens (including phenoxy) is 1. The number of rotatable bonds is 3. The molecule has 2 nitrogen and oxygen atoms in total. The zero-order valence-corrected chi connectivity index (χ0v) is 6.81. The number of halogens is 4. The zero-order valence-electron chi connectivity index (χ0n) is 8.81. The molecule has 0 heterocycles. The Hall–Kier alpha value is -1.30. The molecule has 6 heteroatoms. The van der Waals surface area contributed by atoms with E-state index in [1.54, 1.807) is 0 Å². The highest BCUT2D eigenvalue weighted by molar-refractivity contribution is 5.29. The molecule has 2 N–H and O–H groups in total. The molecule has 0 atom stereocenters. The van der Waals surface area contributed by atoms with Crippen molar-refractivity contribution in [2.75, 3.05) is 0 Å². The lowest BCUT2D eigenvalue weighted by atomic mass is 10.2. The number of nitrogens with two attached hydrogens (primary N) is 1. The van der Waals surface area contributed by atoms with E-state index in [1.807, 2.05) is 0 Å². The average Bonchev–Trinajstić information content (AvgIpc) is 2.07. The number of alkyl halides is 3. The van der Waals surface area contributed by atoms with Crippen LogP contribution in [0.15, 0.2) is 18.2 Å². The van der Waals surface area contributed by atoms with E-state index < -0.39 is 24.5 Å². The van der Waals surface area contributed by atoms with Gasteiger partial charge in [-0.15, -0.1) is 13.2 Å². The van der Waals surface area contributed by atoms with Gasteiger partial charge in [-0.05, 0) is 18.2 Å². The first-order valence-corrected chi connectivity index (χ1v) is 3.57. The molecular weight excluding hydrogens is 202 g/mol. The molecule has 0 unspecified atom stereocenters. The van der Waals surface area contributed by atoms with Crippen molar-refractivity contribution in [3.05, 3.63) is 29.6 Å². The van der Waals surface area contributed by atoms with E-state index in [0.29, 0.717) is 0 Å². The normalized spacial score (nSPS) is 13.8. The molecule has 1 aromatic rings. The van der Waals surface area contributed by atoms with Gasteiger partial charge >= 0.3 is 6.36 Å². The molecule has 0 aliphatic rings. The second-order valence-corrected chi connectivity index (χ2v) is 2.46. The fraction of sp³-hybridized carbons (Fsp3) is 0.250. The van der Waals surface area contributed by atoms with E-state index in [4.69, 9.17) is 2.82 Å². The highest BCUT2D eigenvalue weighted by Gasteiger charge is 2.31. The average molecular weight is 211 g/mol. The Morgan fingerprint density at radius 1 is 1.43 bits per heavy atom. The Bertz CT molecular complexity index is 370. The molecule has 0 bridgehead atoms. The van der Waals surface area contributed by atoms with Gasteiger partial charge < -0.3 is 10.5 Å². The Morgan fingerprint density at radius 3 is 2.71 bits per heavy atom. The second kappa shape index (κ2) is 3.83. The minimum atomic E-state index is -4.85. The fourth-order valence-corrected chi connectivity index (χ4v) is 0.869. The van der Waals surface area contributed by atoms with Crippen LogP contribution in [-0.2, 0) is 6.54 Å². The van der Waals surface area contributed by atoms with Crippen LogP contribution >= 0.6 is 0 Å². The lowest BCUT2D eigenvalue weighted by Gasteiger charge is -2.09. The summed E-state index contributed by atoms with van der Waals surface area (Å²) in [6.45, 7) is -0.457. The third-order valence-corrected chi connectivity index (χ3v) is 1.42. The van der Waals surface area contributed by atoms with Crippen LogP contribution in [0, 0.1) is 5.82 Å². The van der Waals surface area contributed by atoms with E-state index in [1.165, 1.54) is 0 Å². The molecule has 0 radical (unpaired) electrons. The summed E-state index contributed by atoms with van der Waals surface area (Å²) in [5.74, 6) is -1.37. The SMILES string of the molecule is [2H]N([2H])Cc1cc(OC(F)(F)F)ccc1F. The minimum absolute atomic E-state index is 0.149. The molecule has 0 saturated heterocycles. The molecule has 14 heavy (non-hydrogen) atoms. The highest BCUT2D eigenvalue weighted by Crippen LogP contribution is 2.24. The molecule has 0 amide bonds. The van der Waals surface area contributed by atoms with Gasteiger partial charge in [0, 0.05) is 12.1 Å². The Labute approximate surface area is 80.2 Å². The molecular formula is C8H7F4NO. The van der Waals surface area contributed by atoms with Crippen molar-refractivity contribution >= 4 is 0 Å². The van der Waals surface area contributed by atoms with Crippen molar-refractivity contribution in [3.63, 3.8) is 0 Å². The van der Waals surface area contributed by atoms with E-state index >= 15 is 0 Å². The van der Waals surface area contributed by atoms with Crippen molar-refractivity contribution < 1.29 is 25.1 Å². The predicted octanol–water partition coefficient (Wildman–Crippen LogP) is 2.18. The van der Waals surface area contributed by atoms with Gasteiger partial charge in [0.15, 0.2) is 0 Å². The molecule has 1 aromatic carbocycles. The number of benzene rings is 1. The van der Waals surface area contributed by atoms with Gasteiger partial charge in [-0.1, -0.05) is 0 Å². The topological polar surface area (TPSA) is 35.2 Å². The summed E-state index contributed by atoms with van der Waals surface area (Å²) in [4.78, 5) is 0. The van der Waals surface area contributed by atoms with E-state index in [9.17, 15) is 17.6 Å². The fourth-order valence-electron chi connectivity index (χ4n) is 0.869. The molecule has 0 aliphatic carbocycles. The quantitative estimate of drug-likeness (QED) is 0.777. The van der Waals surface area contributed by atoms with Crippen molar-refractivity contribution in [1.82, 2.24) is 0 Å². The van der Waals surface area contributed by atoms with Crippen LogP contribution in [-0.4, -0.2) is 6.36 Å². The van der Waals surface area contributed by atoms with Crippen LogP contribution in [0.2, 0.25) is 2.82 Å². The number of hydrogen-bond donors (Lipinski definition) is 1. The van der Waals surface area contributed by atoms with Crippen molar-refractivity contribution in [2.45, 2.75) is 12.9 Å². The smallest absolute Gasteiger partial charge is 0.406 e. The maximum absolute atomic E-state index is 13.0. The Morgan fingerprint density at radius 2 is 2.14 bits per heavy atom. The predicted molar refractivity (Wildman–Crippen MR) is 41.0 cm³/mol. The van der Waals surface area contributed by atoms with E-state index in [-0.39, 0.29) is 11.3 Å². The van der Waals surface area contributed by atoms with E-state index in [2.05, 4.69) is 4.74 Å². The van der Waals surface area contributed by atoms with Gasteiger partial charge in [-0.3, -0.25) is 0 Å². The van der Waals surface area contributed by atoms with E-state index in [0.717, 1.165) is 18.2 Å². The number of hydrogen-bond acceptors (Lipinski definition) is 2. The molecule has 78 valence electrons. The Balaban J connectivity index is 2.89. The van der Waals surface area contributed by atoms with Gasteiger partial charge in [0.25, 0.3) is 0 Å². The maximum Gasteiger partial charge on any atom is 0.573 e. The first-order valence-electron chi connectivity index (χ1n) is 4.47. The standard InChI is InChI=1S/C8H7F4NO/c9-7-2-1-6(3-5(7)4-13)14-8(10,11)12/h1-3H,4,13H2/i/hD2. The first kappa shape index (κ1) is 8.05. The molecule has 0 fully saturated rings. The molecule has 0 aromatic heterocycles. The van der Waals surface area contributed by atoms with Crippen LogP contribution in [0.25, 0.3) is 0 Å². The highest BCUT2D eigenvalue weighted by atomic mass is 19.4. The monoisotopic (exact) mass is 211 g/mol.